The summed E-state index contributed by atoms with van der Waals surface area (Å²) < 4.78 is 12.0. The number of carbonyl (C=O) groups is 1. The molecule has 1 atom stereocenters. The van der Waals surface area contributed by atoms with Crippen LogP contribution in [0.15, 0.2) is 30.3 Å². The molecule has 128 valence electrons. The minimum atomic E-state index is -0.490. The van der Waals surface area contributed by atoms with E-state index in [4.69, 9.17) is 15.2 Å². The van der Waals surface area contributed by atoms with Crippen LogP contribution >= 0.6 is 0 Å². The molecule has 1 unspecified atom stereocenters. The Bertz CT molecular complexity index is 737. The fraction of sp³-hybridized carbons (Fsp3) is 0.421. The van der Waals surface area contributed by atoms with Crippen molar-refractivity contribution in [1.82, 2.24) is 5.32 Å². The van der Waals surface area contributed by atoms with Crippen LogP contribution in [0.4, 0.5) is 0 Å². The minimum absolute atomic E-state index is 0.0452. The van der Waals surface area contributed by atoms with E-state index in [2.05, 4.69) is 5.32 Å². The van der Waals surface area contributed by atoms with Crippen molar-refractivity contribution in [3.63, 3.8) is 0 Å². The van der Waals surface area contributed by atoms with Crippen molar-refractivity contribution in [1.29, 1.82) is 0 Å². The Morgan fingerprint density at radius 3 is 2.79 bits per heavy atom. The molecule has 0 spiro atoms. The lowest BCUT2D eigenvalue weighted by atomic mass is 10.0. The number of benzene rings is 2. The molecule has 24 heavy (non-hydrogen) atoms. The number of amides is 1. The van der Waals surface area contributed by atoms with E-state index in [9.17, 15) is 4.79 Å². The average molecular weight is 328 g/mol. The van der Waals surface area contributed by atoms with Crippen molar-refractivity contribution >= 4 is 16.7 Å². The van der Waals surface area contributed by atoms with Crippen molar-refractivity contribution < 1.29 is 14.3 Å². The summed E-state index contributed by atoms with van der Waals surface area (Å²) in [6, 6.07) is 9.48. The molecular weight excluding hydrogens is 304 g/mol. The van der Waals surface area contributed by atoms with Crippen LogP contribution in [0.1, 0.15) is 37.0 Å². The van der Waals surface area contributed by atoms with E-state index in [1.54, 1.807) is 6.07 Å². The Hall–Kier alpha value is -2.27. The average Bonchev–Trinajstić information content (AvgIpc) is 2.55. The number of hydrogen-bond acceptors (Lipinski definition) is 4. The number of nitrogens with two attached hydrogens (primary N) is 1. The SMILES string of the molecule is CC(C)Oc1cc2c(OC3CCCNC3)cccc2cc1C(N)=O. The third-order valence-corrected chi connectivity index (χ3v) is 4.11. The third kappa shape index (κ3) is 3.62. The van der Waals surface area contributed by atoms with Crippen LogP contribution in [-0.2, 0) is 0 Å². The molecule has 0 saturated carbocycles. The van der Waals surface area contributed by atoms with Gasteiger partial charge in [0.1, 0.15) is 17.6 Å². The molecule has 1 saturated heterocycles. The predicted octanol–water partition coefficient (Wildman–Crippen LogP) is 2.86. The summed E-state index contributed by atoms with van der Waals surface area (Å²) in [5, 5.41) is 5.21. The summed E-state index contributed by atoms with van der Waals surface area (Å²) in [6.45, 7) is 5.74. The van der Waals surface area contributed by atoms with Crippen LogP contribution < -0.4 is 20.5 Å². The van der Waals surface area contributed by atoms with Crippen LogP contribution in [0, 0.1) is 0 Å². The van der Waals surface area contributed by atoms with Gasteiger partial charge in [-0.1, -0.05) is 12.1 Å². The first kappa shape index (κ1) is 16.6. The van der Waals surface area contributed by atoms with Gasteiger partial charge in [-0.05, 0) is 56.8 Å². The number of primary amides is 1. The van der Waals surface area contributed by atoms with Gasteiger partial charge in [0.2, 0.25) is 0 Å². The first-order valence-corrected chi connectivity index (χ1v) is 8.45. The molecule has 3 rings (SSSR count). The van der Waals surface area contributed by atoms with Crippen molar-refractivity contribution in [2.75, 3.05) is 13.1 Å². The molecule has 0 aliphatic carbocycles. The number of rotatable bonds is 5. The number of carbonyl (C=O) groups excluding carboxylic acids is 1. The Kier molecular flexibility index (Phi) is 4.90. The monoisotopic (exact) mass is 328 g/mol. The molecule has 1 fully saturated rings. The lowest BCUT2D eigenvalue weighted by Gasteiger charge is -2.25. The Morgan fingerprint density at radius 2 is 2.12 bits per heavy atom. The number of hydrogen-bond donors (Lipinski definition) is 2. The third-order valence-electron chi connectivity index (χ3n) is 4.11. The van der Waals surface area contributed by atoms with Crippen molar-refractivity contribution in [2.24, 2.45) is 5.73 Å². The lowest BCUT2D eigenvalue weighted by Crippen LogP contribution is -2.37. The van der Waals surface area contributed by atoms with Crippen molar-refractivity contribution in [3.05, 3.63) is 35.9 Å². The zero-order valence-corrected chi connectivity index (χ0v) is 14.2. The summed E-state index contributed by atoms with van der Waals surface area (Å²) in [5.74, 6) is 0.823. The maximum absolute atomic E-state index is 11.8. The number of piperidine rings is 1. The highest BCUT2D eigenvalue weighted by Gasteiger charge is 2.18. The first-order chi connectivity index (χ1) is 11.5. The van der Waals surface area contributed by atoms with Gasteiger partial charge >= 0.3 is 0 Å². The van der Waals surface area contributed by atoms with E-state index < -0.39 is 5.91 Å². The quantitative estimate of drug-likeness (QED) is 0.885. The summed E-state index contributed by atoms with van der Waals surface area (Å²) in [6.07, 6.45) is 2.27. The van der Waals surface area contributed by atoms with Gasteiger partial charge in [0.15, 0.2) is 0 Å². The van der Waals surface area contributed by atoms with Gasteiger partial charge in [-0.3, -0.25) is 4.79 Å². The molecule has 5 heteroatoms. The molecule has 5 nitrogen and oxygen atoms in total. The highest BCUT2D eigenvalue weighted by Crippen LogP contribution is 2.33. The topological polar surface area (TPSA) is 73.6 Å². The molecular formula is C19H24N2O3. The second-order valence-corrected chi connectivity index (χ2v) is 6.44. The van der Waals surface area contributed by atoms with Crippen LogP contribution in [-0.4, -0.2) is 31.2 Å². The number of nitrogens with one attached hydrogen (secondary N) is 1. The highest BCUT2D eigenvalue weighted by molar-refractivity contribution is 6.02. The smallest absolute Gasteiger partial charge is 0.252 e. The van der Waals surface area contributed by atoms with Gasteiger partial charge in [-0.2, -0.15) is 0 Å². The van der Waals surface area contributed by atoms with Gasteiger partial charge in [0, 0.05) is 11.9 Å². The fourth-order valence-electron chi connectivity index (χ4n) is 3.02. The van der Waals surface area contributed by atoms with Gasteiger partial charge < -0.3 is 20.5 Å². The van der Waals surface area contributed by atoms with E-state index in [-0.39, 0.29) is 12.2 Å². The molecule has 0 radical (unpaired) electrons. The minimum Gasteiger partial charge on any atom is -0.490 e. The largest absolute Gasteiger partial charge is 0.490 e. The summed E-state index contributed by atoms with van der Waals surface area (Å²) in [4.78, 5) is 11.8. The molecule has 2 aromatic carbocycles. The van der Waals surface area contributed by atoms with Crippen LogP contribution in [0.25, 0.3) is 10.8 Å². The van der Waals surface area contributed by atoms with E-state index in [0.29, 0.717) is 11.3 Å². The molecule has 0 bridgehead atoms. The van der Waals surface area contributed by atoms with Crippen LogP contribution in [0.5, 0.6) is 11.5 Å². The molecule has 1 heterocycles. The maximum atomic E-state index is 11.8. The zero-order chi connectivity index (χ0) is 17.1. The zero-order valence-electron chi connectivity index (χ0n) is 14.2. The maximum Gasteiger partial charge on any atom is 0.252 e. The second-order valence-electron chi connectivity index (χ2n) is 6.44. The van der Waals surface area contributed by atoms with E-state index >= 15 is 0 Å². The second kappa shape index (κ2) is 7.09. The van der Waals surface area contributed by atoms with Gasteiger partial charge in [-0.25, -0.2) is 0 Å². The first-order valence-electron chi connectivity index (χ1n) is 8.45. The Balaban J connectivity index is 2.02. The van der Waals surface area contributed by atoms with E-state index in [1.165, 1.54) is 0 Å². The normalized spacial score (nSPS) is 17.9. The van der Waals surface area contributed by atoms with Gasteiger partial charge in [0.05, 0.1) is 11.7 Å². The molecule has 2 aromatic rings. The number of fused-ring (bicyclic) bond motifs is 1. The fourth-order valence-corrected chi connectivity index (χ4v) is 3.02. The molecule has 1 aliphatic rings. The molecule has 1 aliphatic heterocycles. The van der Waals surface area contributed by atoms with E-state index in [0.717, 1.165) is 42.5 Å². The summed E-state index contributed by atoms with van der Waals surface area (Å²) >= 11 is 0. The standard InChI is InChI=1S/C19H24N2O3/c1-12(2)23-18-10-15-13(9-16(18)19(20)22)5-3-7-17(15)24-14-6-4-8-21-11-14/h3,5,7,9-10,12,14,21H,4,6,8,11H2,1-2H3,(H2,20,22). The molecule has 1 amide bonds. The highest BCUT2D eigenvalue weighted by atomic mass is 16.5. The van der Waals surface area contributed by atoms with Crippen LogP contribution in [0.3, 0.4) is 0 Å². The van der Waals surface area contributed by atoms with Crippen LogP contribution in [0.2, 0.25) is 0 Å². The Morgan fingerprint density at radius 1 is 1.29 bits per heavy atom. The summed E-state index contributed by atoms with van der Waals surface area (Å²) in [5.41, 5.74) is 5.91. The van der Waals surface area contributed by atoms with Gasteiger partial charge in [0.25, 0.3) is 5.91 Å². The lowest BCUT2D eigenvalue weighted by molar-refractivity contribution is 0.0994. The van der Waals surface area contributed by atoms with Gasteiger partial charge in [-0.15, -0.1) is 0 Å². The molecule has 3 N–H and O–H groups in total. The molecule has 0 aromatic heterocycles. The van der Waals surface area contributed by atoms with E-state index in [1.807, 2.05) is 38.1 Å². The number of ether oxygens (including phenoxy) is 2. The Labute approximate surface area is 142 Å². The summed E-state index contributed by atoms with van der Waals surface area (Å²) in [7, 11) is 0. The van der Waals surface area contributed by atoms with Crippen molar-refractivity contribution in [3.8, 4) is 11.5 Å². The van der Waals surface area contributed by atoms with Crippen molar-refractivity contribution in [2.45, 2.75) is 38.9 Å². The predicted molar refractivity (Wildman–Crippen MR) is 94.7 cm³/mol.